The number of thiazole rings is 1. The Balaban J connectivity index is 1.52. The Morgan fingerprint density at radius 1 is 1.00 bits per heavy atom. The first-order valence-electron chi connectivity index (χ1n) is 10.8. The summed E-state index contributed by atoms with van der Waals surface area (Å²) in [5.41, 5.74) is 2.67. The van der Waals surface area contributed by atoms with E-state index in [1.54, 1.807) is 28.4 Å². The number of hydrogen-bond donors (Lipinski definition) is 0. The van der Waals surface area contributed by atoms with Gasteiger partial charge in [-0.2, -0.15) is 0 Å². The number of carbonyl (C=O) groups excluding carboxylic acids is 1. The van der Waals surface area contributed by atoms with Crippen LogP contribution in [0.4, 0.5) is 0 Å². The summed E-state index contributed by atoms with van der Waals surface area (Å²) in [6, 6.07) is 11.4. The Kier molecular flexibility index (Phi) is 7.03. The van der Waals surface area contributed by atoms with Gasteiger partial charge in [-0.25, -0.2) is 4.98 Å². The van der Waals surface area contributed by atoms with Crippen molar-refractivity contribution < 1.29 is 23.7 Å². The van der Waals surface area contributed by atoms with Crippen molar-refractivity contribution in [1.29, 1.82) is 0 Å². The molecule has 1 saturated heterocycles. The van der Waals surface area contributed by atoms with Gasteiger partial charge in [-0.1, -0.05) is 0 Å². The first-order chi connectivity index (χ1) is 16.1. The van der Waals surface area contributed by atoms with Crippen molar-refractivity contribution in [2.24, 2.45) is 0 Å². The minimum atomic E-state index is -0.0356. The maximum absolute atomic E-state index is 13.3. The number of amides is 1. The maximum Gasteiger partial charge on any atom is 0.229 e. The van der Waals surface area contributed by atoms with Crippen LogP contribution in [-0.2, 0) is 11.2 Å². The lowest BCUT2D eigenvalue weighted by molar-refractivity contribution is -0.131. The average molecular weight is 469 g/mol. The zero-order chi connectivity index (χ0) is 23.4. The Morgan fingerprint density at radius 2 is 1.76 bits per heavy atom. The number of methoxy groups -OCH3 is 4. The van der Waals surface area contributed by atoms with Gasteiger partial charge in [0.2, 0.25) is 5.91 Å². The van der Waals surface area contributed by atoms with Crippen molar-refractivity contribution in [3.63, 3.8) is 0 Å². The molecule has 1 aliphatic heterocycles. The van der Waals surface area contributed by atoms with E-state index in [0.717, 1.165) is 52.7 Å². The number of ether oxygens (including phenoxy) is 4. The second-order valence-corrected chi connectivity index (χ2v) is 8.60. The van der Waals surface area contributed by atoms with E-state index >= 15 is 0 Å². The van der Waals surface area contributed by atoms with Crippen LogP contribution in [0.1, 0.15) is 30.1 Å². The minimum Gasteiger partial charge on any atom is -0.497 e. The molecule has 1 atom stereocenters. The van der Waals surface area contributed by atoms with Crippen LogP contribution in [0, 0.1) is 0 Å². The molecule has 1 aromatic heterocycles. The van der Waals surface area contributed by atoms with Crippen molar-refractivity contribution in [3.05, 3.63) is 53.0 Å². The molecule has 0 radical (unpaired) electrons. The van der Waals surface area contributed by atoms with E-state index in [0.29, 0.717) is 11.5 Å². The van der Waals surface area contributed by atoms with Crippen LogP contribution in [0.25, 0.3) is 10.6 Å². The molecule has 1 fully saturated rings. The topological polar surface area (TPSA) is 70.1 Å². The summed E-state index contributed by atoms with van der Waals surface area (Å²) in [5, 5.41) is 2.78. The zero-order valence-electron chi connectivity index (χ0n) is 19.3. The fourth-order valence-electron chi connectivity index (χ4n) is 4.23. The highest BCUT2D eigenvalue weighted by molar-refractivity contribution is 7.13. The molecule has 0 saturated carbocycles. The zero-order valence-corrected chi connectivity index (χ0v) is 20.1. The third-order valence-electron chi connectivity index (χ3n) is 5.88. The number of hydrogen-bond acceptors (Lipinski definition) is 7. The summed E-state index contributed by atoms with van der Waals surface area (Å²) in [5.74, 6) is 2.90. The number of benzene rings is 2. The summed E-state index contributed by atoms with van der Waals surface area (Å²) in [6.45, 7) is 0.719. The molecular formula is C25H28N2O5S. The molecule has 2 aromatic carbocycles. The molecular weight excluding hydrogens is 440 g/mol. The lowest BCUT2D eigenvalue weighted by Gasteiger charge is -2.26. The van der Waals surface area contributed by atoms with Crippen molar-refractivity contribution in [3.8, 4) is 33.6 Å². The van der Waals surface area contributed by atoms with E-state index in [9.17, 15) is 4.79 Å². The van der Waals surface area contributed by atoms with Crippen LogP contribution in [0.2, 0.25) is 0 Å². The molecule has 0 aliphatic carbocycles. The van der Waals surface area contributed by atoms with Gasteiger partial charge < -0.3 is 23.8 Å². The Morgan fingerprint density at radius 3 is 2.48 bits per heavy atom. The normalized spacial score (nSPS) is 15.4. The largest absolute Gasteiger partial charge is 0.497 e. The summed E-state index contributed by atoms with van der Waals surface area (Å²) in [7, 11) is 6.51. The molecule has 7 nitrogen and oxygen atoms in total. The fourth-order valence-corrected chi connectivity index (χ4v) is 5.05. The van der Waals surface area contributed by atoms with Gasteiger partial charge in [0.25, 0.3) is 0 Å². The van der Waals surface area contributed by atoms with Crippen LogP contribution in [0.15, 0.2) is 41.8 Å². The molecule has 1 amide bonds. The lowest BCUT2D eigenvalue weighted by atomic mass is 10.0. The lowest BCUT2D eigenvalue weighted by Crippen LogP contribution is -2.32. The van der Waals surface area contributed by atoms with E-state index in [4.69, 9.17) is 23.9 Å². The maximum atomic E-state index is 13.3. The monoisotopic (exact) mass is 468 g/mol. The predicted molar refractivity (Wildman–Crippen MR) is 128 cm³/mol. The number of aromatic nitrogens is 1. The Bertz CT molecular complexity index is 1130. The van der Waals surface area contributed by atoms with E-state index in [1.165, 1.54) is 11.3 Å². The van der Waals surface area contributed by atoms with Crippen LogP contribution in [-0.4, -0.2) is 50.8 Å². The van der Waals surface area contributed by atoms with Crippen LogP contribution < -0.4 is 18.9 Å². The summed E-state index contributed by atoms with van der Waals surface area (Å²) >= 11 is 1.51. The molecule has 8 heteroatoms. The molecule has 1 unspecified atom stereocenters. The van der Waals surface area contributed by atoms with Crippen molar-refractivity contribution in [2.45, 2.75) is 25.3 Å². The SMILES string of the molecule is COc1ccc(OC)c(C2CCCN2C(=O)Cc2csc(-c3ccc(OC)c(OC)c3)n2)c1. The Labute approximate surface area is 197 Å². The number of nitrogens with zero attached hydrogens (tertiary/aromatic N) is 2. The van der Waals surface area contributed by atoms with Crippen molar-refractivity contribution in [2.75, 3.05) is 35.0 Å². The molecule has 0 N–H and O–H groups in total. The van der Waals surface area contributed by atoms with Crippen LogP contribution in [0.5, 0.6) is 23.0 Å². The first-order valence-corrected chi connectivity index (χ1v) is 11.6. The van der Waals surface area contributed by atoms with Gasteiger partial charge in [0, 0.05) is 23.1 Å². The van der Waals surface area contributed by atoms with Gasteiger partial charge in [-0.05, 0) is 49.2 Å². The fraction of sp³-hybridized carbons (Fsp3) is 0.360. The molecule has 33 heavy (non-hydrogen) atoms. The number of carbonyl (C=O) groups is 1. The predicted octanol–water partition coefficient (Wildman–Crippen LogP) is 4.75. The summed E-state index contributed by atoms with van der Waals surface area (Å²) in [6.07, 6.45) is 2.10. The highest BCUT2D eigenvalue weighted by Gasteiger charge is 2.32. The summed E-state index contributed by atoms with van der Waals surface area (Å²) < 4.78 is 21.7. The highest BCUT2D eigenvalue weighted by Crippen LogP contribution is 2.39. The quantitative estimate of drug-likeness (QED) is 0.475. The molecule has 4 rings (SSSR count). The van der Waals surface area contributed by atoms with Crippen molar-refractivity contribution in [1.82, 2.24) is 9.88 Å². The van der Waals surface area contributed by atoms with E-state index in [2.05, 4.69) is 0 Å². The first kappa shape index (κ1) is 22.9. The molecule has 174 valence electrons. The van der Waals surface area contributed by atoms with Gasteiger partial charge in [0.15, 0.2) is 11.5 Å². The second kappa shape index (κ2) is 10.1. The van der Waals surface area contributed by atoms with Crippen molar-refractivity contribution >= 4 is 17.2 Å². The van der Waals surface area contributed by atoms with Gasteiger partial charge >= 0.3 is 0 Å². The van der Waals surface area contributed by atoms with Gasteiger partial charge in [0.1, 0.15) is 16.5 Å². The van der Waals surface area contributed by atoms with Gasteiger partial charge in [-0.15, -0.1) is 11.3 Å². The van der Waals surface area contributed by atoms with E-state index in [1.807, 2.05) is 46.7 Å². The molecule has 3 aromatic rings. The standard InChI is InChI=1S/C25H28N2O5S/c1-29-18-8-10-21(30-2)19(14-18)20-6-5-11-27(20)24(28)13-17-15-33-25(26-17)16-7-9-22(31-3)23(12-16)32-4/h7-10,12,14-15,20H,5-6,11,13H2,1-4H3. The third kappa shape index (κ3) is 4.75. The smallest absolute Gasteiger partial charge is 0.229 e. The van der Waals surface area contributed by atoms with Crippen LogP contribution in [0.3, 0.4) is 0 Å². The number of rotatable bonds is 8. The molecule has 0 bridgehead atoms. The third-order valence-corrected chi connectivity index (χ3v) is 6.82. The molecule has 2 heterocycles. The average Bonchev–Trinajstić information content (AvgIpc) is 3.53. The van der Waals surface area contributed by atoms with Gasteiger partial charge in [0.05, 0.1) is 46.6 Å². The summed E-state index contributed by atoms with van der Waals surface area (Å²) in [4.78, 5) is 19.9. The molecule has 0 spiro atoms. The van der Waals surface area contributed by atoms with E-state index < -0.39 is 0 Å². The van der Waals surface area contributed by atoms with E-state index in [-0.39, 0.29) is 18.4 Å². The highest BCUT2D eigenvalue weighted by atomic mass is 32.1. The minimum absolute atomic E-state index is 0.0356. The second-order valence-electron chi connectivity index (χ2n) is 7.74. The van der Waals surface area contributed by atoms with Crippen LogP contribution >= 0.6 is 11.3 Å². The molecule has 1 aliphatic rings. The Hall–Kier alpha value is -3.26. The van der Waals surface area contributed by atoms with Gasteiger partial charge in [-0.3, -0.25) is 4.79 Å². The number of likely N-dealkylation sites (tertiary alicyclic amines) is 1.